The molecular weight excluding hydrogens is 262 g/mol. The smallest absolute Gasteiger partial charge is 0.251 e. The van der Waals surface area contributed by atoms with Crippen molar-refractivity contribution in [3.05, 3.63) is 35.5 Å². The molecule has 2 aromatic rings. The number of aromatic hydroxyl groups is 1. The van der Waals surface area contributed by atoms with E-state index in [4.69, 9.17) is 9.26 Å². The highest BCUT2D eigenvalue weighted by atomic mass is 16.5. The van der Waals surface area contributed by atoms with Crippen molar-refractivity contribution in [2.75, 3.05) is 13.7 Å². The number of hydrogen-bond acceptors (Lipinski definition) is 6. The van der Waals surface area contributed by atoms with Gasteiger partial charge in [0.25, 0.3) is 5.91 Å². The summed E-state index contributed by atoms with van der Waals surface area (Å²) in [6.45, 7) is 2.10. The summed E-state index contributed by atoms with van der Waals surface area (Å²) in [5, 5.41) is 16.0. The summed E-state index contributed by atoms with van der Waals surface area (Å²) in [5.74, 6) is 0.988. The second-order valence-corrected chi connectivity index (χ2v) is 4.13. The molecule has 7 heteroatoms. The number of amides is 1. The molecule has 1 aromatic carbocycles. The first kappa shape index (κ1) is 13.9. The van der Waals surface area contributed by atoms with E-state index < -0.39 is 0 Å². The Labute approximate surface area is 115 Å². The zero-order valence-electron chi connectivity index (χ0n) is 11.2. The molecule has 7 nitrogen and oxygen atoms in total. The molecule has 0 bridgehead atoms. The number of ether oxygens (including phenoxy) is 1. The van der Waals surface area contributed by atoms with Crippen LogP contribution in [0.3, 0.4) is 0 Å². The van der Waals surface area contributed by atoms with Crippen LogP contribution in [0.1, 0.15) is 22.1 Å². The number of benzene rings is 1. The lowest BCUT2D eigenvalue weighted by atomic mass is 10.2. The second-order valence-electron chi connectivity index (χ2n) is 4.13. The maximum Gasteiger partial charge on any atom is 0.251 e. The molecule has 0 radical (unpaired) electrons. The Kier molecular flexibility index (Phi) is 4.19. The van der Waals surface area contributed by atoms with E-state index in [1.165, 1.54) is 19.2 Å². The summed E-state index contributed by atoms with van der Waals surface area (Å²) in [5.41, 5.74) is 0.352. The molecule has 0 aliphatic rings. The summed E-state index contributed by atoms with van der Waals surface area (Å²) in [6, 6.07) is 4.46. The molecule has 0 fully saturated rings. The molecule has 2 N–H and O–H groups in total. The van der Waals surface area contributed by atoms with E-state index in [-0.39, 0.29) is 11.7 Å². The van der Waals surface area contributed by atoms with Crippen LogP contribution >= 0.6 is 0 Å². The highest BCUT2D eigenvalue weighted by Crippen LogP contribution is 2.25. The van der Waals surface area contributed by atoms with E-state index in [0.717, 1.165) is 0 Å². The van der Waals surface area contributed by atoms with Crippen LogP contribution in [-0.2, 0) is 6.42 Å². The molecular formula is C13H15N3O4. The molecule has 1 heterocycles. The summed E-state index contributed by atoms with van der Waals surface area (Å²) in [7, 11) is 1.45. The summed E-state index contributed by atoms with van der Waals surface area (Å²) >= 11 is 0. The average Bonchev–Trinajstić information content (AvgIpc) is 2.84. The van der Waals surface area contributed by atoms with Gasteiger partial charge in [0.05, 0.1) is 7.11 Å². The molecule has 2 rings (SSSR count). The number of nitrogens with zero attached hydrogens (tertiary/aromatic N) is 2. The van der Waals surface area contributed by atoms with Gasteiger partial charge in [-0.25, -0.2) is 0 Å². The van der Waals surface area contributed by atoms with Crippen LogP contribution in [0.5, 0.6) is 11.5 Å². The molecule has 0 saturated carbocycles. The van der Waals surface area contributed by atoms with Crippen molar-refractivity contribution in [3.8, 4) is 11.5 Å². The molecule has 106 valence electrons. The predicted molar refractivity (Wildman–Crippen MR) is 69.7 cm³/mol. The third-order valence-corrected chi connectivity index (χ3v) is 2.64. The first-order valence-corrected chi connectivity index (χ1v) is 6.04. The fourth-order valence-corrected chi connectivity index (χ4v) is 1.66. The van der Waals surface area contributed by atoms with Crippen LogP contribution in [0.15, 0.2) is 22.7 Å². The average molecular weight is 277 g/mol. The number of rotatable bonds is 5. The number of carbonyl (C=O) groups is 1. The first-order chi connectivity index (χ1) is 9.60. The van der Waals surface area contributed by atoms with Crippen LogP contribution in [0.4, 0.5) is 0 Å². The number of carbonyl (C=O) groups excluding carboxylic acids is 1. The van der Waals surface area contributed by atoms with E-state index in [1.54, 1.807) is 13.0 Å². The van der Waals surface area contributed by atoms with Crippen molar-refractivity contribution in [1.82, 2.24) is 15.5 Å². The summed E-state index contributed by atoms with van der Waals surface area (Å²) < 4.78 is 9.84. The van der Waals surface area contributed by atoms with Gasteiger partial charge in [0.1, 0.15) is 0 Å². The van der Waals surface area contributed by atoms with Crippen molar-refractivity contribution >= 4 is 5.91 Å². The number of phenols is 1. The van der Waals surface area contributed by atoms with Gasteiger partial charge in [-0.05, 0) is 25.1 Å². The van der Waals surface area contributed by atoms with Gasteiger partial charge < -0.3 is 19.7 Å². The van der Waals surface area contributed by atoms with Crippen molar-refractivity contribution in [2.45, 2.75) is 13.3 Å². The molecule has 0 saturated heterocycles. The SMILES string of the molecule is COc1ccc(C(=O)NCCc2nc(C)no2)cc1O. The van der Waals surface area contributed by atoms with E-state index in [9.17, 15) is 9.90 Å². The normalized spacial score (nSPS) is 10.3. The molecule has 0 unspecified atom stereocenters. The lowest BCUT2D eigenvalue weighted by Crippen LogP contribution is -2.25. The third kappa shape index (κ3) is 3.25. The molecule has 0 aliphatic heterocycles. The topological polar surface area (TPSA) is 97.5 Å². The van der Waals surface area contributed by atoms with Gasteiger partial charge in [-0.3, -0.25) is 4.79 Å². The molecule has 0 atom stereocenters. The van der Waals surface area contributed by atoms with Crippen LogP contribution in [-0.4, -0.2) is 34.8 Å². The minimum Gasteiger partial charge on any atom is -0.504 e. The largest absolute Gasteiger partial charge is 0.504 e. The molecule has 1 aromatic heterocycles. The van der Waals surface area contributed by atoms with Gasteiger partial charge in [0.2, 0.25) is 5.89 Å². The lowest BCUT2D eigenvalue weighted by Gasteiger charge is -2.06. The van der Waals surface area contributed by atoms with Crippen molar-refractivity contribution in [1.29, 1.82) is 0 Å². The lowest BCUT2D eigenvalue weighted by molar-refractivity contribution is 0.0953. The van der Waals surface area contributed by atoms with Crippen LogP contribution in [0, 0.1) is 6.92 Å². The van der Waals surface area contributed by atoms with Gasteiger partial charge in [-0.1, -0.05) is 5.16 Å². The predicted octanol–water partition coefficient (Wildman–Crippen LogP) is 1.06. The molecule has 0 aliphatic carbocycles. The number of aromatic nitrogens is 2. The Morgan fingerprint density at radius 2 is 2.30 bits per heavy atom. The minimum absolute atomic E-state index is 0.0762. The van der Waals surface area contributed by atoms with Crippen LogP contribution < -0.4 is 10.1 Å². The summed E-state index contributed by atoms with van der Waals surface area (Å²) in [6.07, 6.45) is 0.453. The van der Waals surface area contributed by atoms with E-state index in [0.29, 0.717) is 36.0 Å². The Morgan fingerprint density at radius 3 is 2.90 bits per heavy atom. The molecule has 20 heavy (non-hydrogen) atoms. The van der Waals surface area contributed by atoms with Gasteiger partial charge >= 0.3 is 0 Å². The summed E-state index contributed by atoms with van der Waals surface area (Å²) in [4.78, 5) is 15.9. The Balaban J connectivity index is 1.90. The van der Waals surface area contributed by atoms with Gasteiger partial charge in [0, 0.05) is 18.5 Å². The quantitative estimate of drug-likeness (QED) is 0.848. The minimum atomic E-state index is -0.292. The number of aryl methyl sites for hydroxylation is 1. The van der Waals surface area contributed by atoms with Crippen LogP contribution in [0.2, 0.25) is 0 Å². The van der Waals surface area contributed by atoms with Crippen molar-refractivity contribution in [3.63, 3.8) is 0 Å². The van der Waals surface area contributed by atoms with Crippen molar-refractivity contribution in [2.24, 2.45) is 0 Å². The third-order valence-electron chi connectivity index (χ3n) is 2.64. The van der Waals surface area contributed by atoms with E-state index in [2.05, 4.69) is 15.5 Å². The van der Waals surface area contributed by atoms with E-state index in [1.807, 2.05) is 0 Å². The number of nitrogens with one attached hydrogen (secondary N) is 1. The van der Waals surface area contributed by atoms with Gasteiger partial charge in [-0.15, -0.1) is 0 Å². The standard InChI is InChI=1S/C13H15N3O4/c1-8-15-12(20-16-8)5-6-14-13(18)9-3-4-11(19-2)10(17)7-9/h3-4,7,17H,5-6H2,1-2H3,(H,14,18). The Morgan fingerprint density at radius 1 is 1.50 bits per heavy atom. The Hall–Kier alpha value is -2.57. The Bertz CT molecular complexity index is 609. The molecule has 1 amide bonds. The number of phenolic OH excluding ortho intramolecular Hbond substituents is 1. The maximum absolute atomic E-state index is 11.9. The highest BCUT2D eigenvalue weighted by molar-refractivity contribution is 5.94. The van der Waals surface area contributed by atoms with E-state index >= 15 is 0 Å². The number of hydrogen-bond donors (Lipinski definition) is 2. The highest BCUT2D eigenvalue weighted by Gasteiger charge is 2.10. The first-order valence-electron chi connectivity index (χ1n) is 6.04. The van der Waals surface area contributed by atoms with Crippen molar-refractivity contribution < 1.29 is 19.2 Å². The second kappa shape index (κ2) is 6.05. The van der Waals surface area contributed by atoms with Crippen LogP contribution in [0.25, 0.3) is 0 Å². The maximum atomic E-state index is 11.9. The number of methoxy groups -OCH3 is 1. The monoisotopic (exact) mass is 277 g/mol. The van der Waals surface area contributed by atoms with Gasteiger partial charge in [-0.2, -0.15) is 4.98 Å². The fraction of sp³-hybridized carbons (Fsp3) is 0.308. The zero-order chi connectivity index (χ0) is 14.5. The fourth-order valence-electron chi connectivity index (χ4n) is 1.66. The van der Waals surface area contributed by atoms with Gasteiger partial charge in [0.15, 0.2) is 17.3 Å². The molecule has 0 spiro atoms. The zero-order valence-corrected chi connectivity index (χ0v) is 11.2.